The Morgan fingerprint density at radius 2 is 1.92 bits per heavy atom. The standard InChI is InChI=1S/C18H16N2O5/c1-11-15(12(2)25-20-11)10-24-18(22)13-5-7-14(8-6-13)19-17(21)16-4-3-9-23-16/h3-9H,10H2,1-2H3,(H,19,21). The molecule has 2 heterocycles. The Balaban J connectivity index is 1.60. The molecule has 0 unspecified atom stereocenters. The lowest BCUT2D eigenvalue weighted by atomic mass is 10.2. The number of nitrogens with one attached hydrogen (secondary N) is 1. The fraction of sp³-hybridized carbons (Fsp3) is 0.167. The van der Waals surface area contributed by atoms with Crippen molar-refractivity contribution in [2.45, 2.75) is 20.5 Å². The van der Waals surface area contributed by atoms with E-state index < -0.39 is 5.97 Å². The van der Waals surface area contributed by atoms with Crippen LogP contribution in [0.15, 0.2) is 51.6 Å². The second-order valence-corrected chi connectivity index (χ2v) is 5.39. The number of nitrogens with zero attached hydrogens (tertiary/aromatic N) is 1. The predicted molar refractivity (Wildman–Crippen MR) is 88.2 cm³/mol. The Morgan fingerprint density at radius 1 is 1.16 bits per heavy atom. The number of benzene rings is 1. The summed E-state index contributed by atoms with van der Waals surface area (Å²) in [5.74, 6) is 0.00637. The second kappa shape index (κ2) is 7.04. The van der Waals surface area contributed by atoms with E-state index in [1.807, 2.05) is 0 Å². The molecule has 0 bridgehead atoms. The van der Waals surface area contributed by atoms with Gasteiger partial charge in [0.15, 0.2) is 5.76 Å². The van der Waals surface area contributed by atoms with Gasteiger partial charge in [0.1, 0.15) is 12.4 Å². The predicted octanol–water partition coefficient (Wildman–Crippen LogP) is 3.49. The highest BCUT2D eigenvalue weighted by atomic mass is 16.5. The first kappa shape index (κ1) is 16.5. The number of carbonyl (C=O) groups is 2. The molecule has 7 nitrogen and oxygen atoms in total. The van der Waals surface area contributed by atoms with Crippen LogP contribution in [0.25, 0.3) is 0 Å². The van der Waals surface area contributed by atoms with E-state index >= 15 is 0 Å². The maximum atomic E-state index is 12.1. The van der Waals surface area contributed by atoms with Gasteiger partial charge in [0.05, 0.1) is 23.1 Å². The van der Waals surface area contributed by atoms with Gasteiger partial charge in [0.25, 0.3) is 5.91 Å². The number of hydrogen-bond acceptors (Lipinski definition) is 6. The van der Waals surface area contributed by atoms with Crippen molar-refractivity contribution in [2.75, 3.05) is 5.32 Å². The van der Waals surface area contributed by atoms with Gasteiger partial charge in [-0.05, 0) is 50.2 Å². The van der Waals surface area contributed by atoms with Gasteiger partial charge in [0, 0.05) is 5.69 Å². The van der Waals surface area contributed by atoms with Crippen molar-refractivity contribution in [1.29, 1.82) is 0 Å². The second-order valence-electron chi connectivity index (χ2n) is 5.39. The third-order valence-corrected chi connectivity index (χ3v) is 3.65. The number of carbonyl (C=O) groups excluding carboxylic acids is 2. The smallest absolute Gasteiger partial charge is 0.338 e. The van der Waals surface area contributed by atoms with Crippen molar-refractivity contribution >= 4 is 17.6 Å². The molecule has 0 saturated carbocycles. The fourth-order valence-electron chi connectivity index (χ4n) is 2.22. The van der Waals surface area contributed by atoms with Crippen LogP contribution in [0.4, 0.5) is 5.69 Å². The Bertz CT molecular complexity index is 859. The van der Waals surface area contributed by atoms with Gasteiger partial charge in [-0.2, -0.15) is 0 Å². The van der Waals surface area contributed by atoms with E-state index in [0.717, 1.165) is 5.56 Å². The number of aryl methyl sites for hydroxylation is 2. The highest BCUT2D eigenvalue weighted by molar-refractivity contribution is 6.02. The molecule has 0 aliphatic heterocycles. The molecule has 3 rings (SSSR count). The molecule has 0 spiro atoms. The summed E-state index contributed by atoms with van der Waals surface area (Å²) in [6.07, 6.45) is 1.42. The van der Waals surface area contributed by atoms with E-state index in [2.05, 4.69) is 10.5 Å². The first-order valence-electron chi connectivity index (χ1n) is 7.58. The van der Waals surface area contributed by atoms with Crippen molar-refractivity contribution in [3.05, 3.63) is 71.0 Å². The minimum atomic E-state index is -0.469. The number of furan rings is 1. The maximum Gasteiger partial charge on any atom is 0.338 e. The molecule has 1 amide bonds. The maximum absolute atomic E-state index is 12.1. The highest BCUT2D eigenvalue weighted by Crippen LogP contribution is 2.16. The summed E-state index contributed by atoms with van der Waals surface area (Å²) in [6.45, 7) is 3.65. The number of rotatable bonds is 5. The van der Waals surface area contributed by atoms with Crippen LogP contribution >= 0.6 is 0 Å². The number of hydrogen-bond donors (Lipinski definition) is 1. The van der Waals surface area contributed by atoms with Crippen molar-refractivity contribution in [3.63, 3.8) is 0 Å². The van der Waals surface area contributed by atoms with Crippen LogP contribution in [0.2, 0.25) is 0 Å². The summed E-state index contributed by atoms with van der Waals surface area (Å²) in [6, 6.07) is 9.59. The normalized spacial score (nSPS) is 10.5. The highest BCUT2D eigenvalue weighted by Gasteiger charge is 2.14. The molecule has 1 aromatic carbocycles. The molecule has 0 atom stereocenters. The molecular formula is C18H16N2O5. The van der Waals surface area contributed by atoms with Gasteiger partial charge in [-0.15, -0.1) is 0 Å². The van der Waals surface area contributed by atoms with Crippen LogP contribution in [0.3, 0.4) is 0 Å². The molecule has 2 aromatic heterocycles. The molecule has 0 aliphatic carbocycles. The first-order chi connectivity index (χ1) is 12.0. The fourth-order valence-corrected chi connectivity index (χ4v) is 2.22. The van der Waals surface area contributed by atoms with E-state index in [9.17, 15) is 9.59 Å². The summed E-state index contributed by atoms with van der Waals surface area (Å²) in [5, 5.41) is 6.49. The van der Waals surface area contributed by atoms with Crippen LogP contribution in [0.5, 0.6) is 0 Å². The van der Waals surface area contributed by atoms with Crippen molar-refractivity contribution in [3.8, 4) is 0 Å². The molecule has 0 radical (unpaired) electrons. The van der Waals surface area contributed by atoms with Crippen LogP contribution in [0, 0.1) is 13.8 Å². The van der Waals surface area contributed by atoms with E-state index in [1.165, 1.54) is 6.26 Å². The SMILES string of the molecule is Cc1noc(C)c1COC(=O)c1ccc(NC(=O)c2ccco2)cc1. The number of aromatic nitrogens is 1. The van der Waals surface area contributed by atoms with Crippen molar-refractivity contribution in [1.82, 2.24) is 5.16 Å². The number of amides is 1. The molecule has 0 saturated heterocycles. The molecule has 128 valence electrons. The summed E-state index contributed by atoms with van der Waals surface area (Å²) in [4.78, 5) is 24.0. The van der Waals surface area contributed by atoms with E-state index in [4.69, 9.17) is 13.7 Å². The number of anilines is 1. The number of ether oxygens (including phenoxy) is 1. The average molecular weight is 340 g/mol. The summed E-state index contributed by atoms with van der Waals surface area (Å²) < 4.78 is 15.3. The zero-order chi connectivity index (χ0) is 17.8. The minimum Gasteiger partial charge on any atom is -0.459 e. The first-order valence-corrected chi connectivity index (χ1v) is 7.58. The van der Waals surface area contributed by atoms with Gasteiger partial charge in [-0.25, -0.2) is 4.79 Å². The quantitative estimate of drug-likeness (QED) is 0.714. The lowest BCUT2D eigenvalue weighted by Gasteiger charge is -2.06. The molecule has 0 fully saturated rings. The molecule has 25 heavy (non-hydrogen) atoms. The third kappa shape index (κ3) is 3.77. The molecule has 1 N–H and O–H groups in total. The monoisotopic (exact) mass is 340 g/mol. The Kier molecular flexibility index (Phi) is 4.65. The van der Waals surface area contributed by atoms with E-state index in [0.29, 0.717) is 22.7 Å². The van der Waals surface area contributed by atoms with Crippen molar-refractivity contribution < 1.29 is 23.3 Å². The van der Waals surface area contributed by atoms with Crippen LogP contribution in [0.1, 0.15) is 37.9 Å². The van der Waals surface area contributed by atoms with Gasteiger partial charge < -0.3 is 19.0 Å². The summed E-state index contributed by atoms with van der Waals surface area (Å²) in [5.41, 5.74) is 2.38. The zero-order valence-corrected chi connectivity index (χ0v) is 13.7. The van der Waals surface area contributed by atoms with Gasteiger partial charge in [-0.3, -0.25) is 4.79 Å². The molecule has 0 aliphatic rings. The molecule has 3 aromatic rings. The molecular weight excluding hydrogens is 324 g/mol. The third-order valence-electron chi connectivity index (χ3n) is 3.65. The summed E-state index contributed by atoms with van der Waals surface area (Å²) in [7, 11) is 0. The summed E-state index contributed by atoms with van der Waals surface area (Å²) >= 11 is 0. The Hall–Kier alpha value is -3.35. The topological polar surface area (TPSA) is 94.6 Å². The number of esters is 1. The average Bonchev–Trinajstić information content (AvgIpc) is 3.24. The van der Waals surface area contributed by atoms with Crippen LogP contribution in [-0.2, 0) is 11.3 Å². The van der Waals surface area contributed by atoms with Gasteiger partial charge in [0.2, 0.25) is 0 Å². The minimum absolute atomic E-state index is 0.0942. The van der Waals surface area contributed by atoms with Crippen LogP contribution < -0.4 is 5.32 Å². The Morgan fingerprint density at radius 3 is 2.52 bits per heavy atom. The lowest BCUT2D eigenvalue weighted by Crippen LogP contribution is -2.11. The zero-order valence-electron chi connectivity index (χ0n) is 13.7. The van der Waals surface area contributed by atoms with E-state index in [1.54, 1.807) is 50.2 Å². The lowest BCUT2D eigenvalue weighted by molar-refractivity contribution is 0.0471. The Labute approximate surface area is 143 Å². The van der Waals surface area contributed by atoms with Gasteiger partial charge in [-0.1, -0.05) is 5.16 Å². The van der Waals surface area contributed by atoms with E-state index in [-0.39, 0.29) is 18.3 Å². The largest absolute Gasteiger partial charge is 0.459 e. The van der Waals surface area contributed by atoms with Crippen molar-refractivity contribution in [2.24, 2.45) is 0 Å². The molecule has 7 heteroatoms. The van der Waals surface area contributed by atoms with Crippen LogP contribution in [-0.4, -0.2) is 17.0 Å². The van der Waals surface area contributed by atoms with Gasteiger partial charge >= 0.3 is 5.97 Å².